The van der Waals surface area contributed by atoms with Crippen molar-refractivity contribution >= 4 is 52.5 Å². The van der Waals surface area contributed by atoms with Crippen molar-refractivity contribution in [3.05, 3.63) is 30.3 Å². The first-order chi connectivity index (χ1) is 7.31. The highest BCUT2D eigenvalue weighted by Gasteiger charge is 2.28. The lowest BCUT2D eigenvalue weighted by molar-refractivity contribution is 1.04. The Hall–Kier alpha value is 0.524. The Morgan fingerprint density at radius 3 is 2.00 bits per heavy atom. The molecule has 0 aliphatic rings. The first-order valence-electron chi connectivity index (χ1n) is 5.43. The van der Waals surface area contributed by atoms with Crippen LogP contribution < -0.4 is 5.19 Å². The van der Waals surface area contributed by atoms with Gasteiger partial charge in [-0.05, 0) is 23.8 Å². The van der Waals surface area contributed by atoms with Gasteiger partial charge in [-0.3, -0.25) is 0 Å². The molecule has 0 aliphatic carbocycles. The van der Waals surface area contributed by atoms with E-state index in [2.05, 4.69) is 18.7 Å². The van der Waals surface area contributed by atoms with Crippen LogP contribution in [-0.2, 0) is 0 Å². The quantitative estimate of drug-likeness (QED) is 0.548. The molecule has 0 fully saturated rings. The molecular formula is C11H17Cl3Si2. The molecule has 5 heteroatoms. The van der Waals surface area contributed by atoms with E-state index >= 15 is 0 Å². The highest BCUT2D eigenvalue weighted by Crippen LogP contribution is 2.26. The fraction of sp³-hybridized carbons (Fsp3) is 0.455. The smallest absolute Gasteiger partial charge is 0.161 e. The third kappa shape index (κ3) is 5.24. The molecule has 0 spiro atoms. The maximum Gasteiger partial charge on any atom is 0.248 e. The second-order valence-electron chi connectivity index (χ2n) is 4.49. The van der Waals surface area contributed by atoms with Crippen molar-refractivity contribution in [3.8, 4) is 0 Å². The lowest BCUT2D eigenvalue weighted by Crippen LogP contribution is -2.38. The molecule has 0 amide bonds. The summed E-state index contributed by atoms with van der Waals surface area (Å²) in [6.45, 7) is 2.20. The Bertz CT molecular complexity index is 320. The highest BCUT2D eigenvalue weighted by molar-refractivity contribution is 7.44. The van der Waals surface area contributed by atoms with Crippen LogP contribution in [0.25, 0.3) is 0 Å². The number of hydrogen-bond acceptors (Lipinski definition) is 0. The van der Waals surface area contributed by atoms with Crippen LogP contribution in [0.2, 0.25) is 25.2 Å². The van der Waals surface area contributed by atoms with Crippen LogP contribution in [0.3, 0.4) is 0 Å². The molecule has 1 aromatic rings. The summed E-state index contributed by atoms with van der Waals surface area (Å²) in [5.74, 6) is 0. The fourth-order valence-corrected chi connectivity index (χ4v) is 6.41. The van der Waals surface area contributed by atoms with Gasteiger partial charge >= 0.3 is 0 Å². The molecule has 0 N–H and O–H groups in total. The van der Waals surface area contributed by atoms with Gasteiger partial charge in [0.05, 0.1) is 0 Å². The zero-order valence-electron chi connectivity index (χ0n) is 9.64. The first-order valence-corrected chi connectivity index (χ1v) is 13.9. The summed E-state index contributed by atoms with van der Waals surface area (Å²) in [5.41, 5.74) is 0. The maximum absolute atomic E-state index is 6.66. The lowest BCUT2D eigenvalue weighted by atomic mass is 10.4. The molecule has 0 heterocycles. The average Bonchev–Trinajstić information content (AvgIpc) is 2.17. The van der Waals surface area contributed by atoms with Gasteiger partial charge in [-0.25, -0.2) is 0 Å². The molecule has 1 aromatic carbocycles. The molecule has 0 saturated carbocycles. The Balaban J connectivity index is 2.53. The van der Waals surface area contributed by atoms with Crippen LogP contribution in [0.5, 0.6) is 0 Å². The Labute approximate surface area is 114 Å². The second-order valence-corrected chi connectivity index (χ2v) is 18.7. The molecule has 0 aliphatic heterocycles. The predicted octanol–water partition coefficient (Wildman–Crippen LogP) is 4.65. The fourth-order valence-electron chi connectivity index (χ4n) is 1.66. The number of rotatable bonds is 5. The van der Waals surface area contributed by atoms with E-state index in [0.717, 1.165) is 18.5 Å². The number of halogens is 3. The van der Waals surface area contributed by atoms with Crippen LogP contribution >= 0.6 is 33.2 Å². The van der Waals surface area contributed by atoms with Crippen LogP contribution in [-0.4, -0.2) is 14.1 Å². The van der Waals surface area contributed by atoms with Gasteiger partial charge in [0.2, 0.25) is 6.69 Å². The minimum absolute atomic E-state index is 0.929. The summed E-state index contributed by atoms with van der Waals surface area (Å²) in [4.78, 5) is 0. The Morgan fingerprint density at radius 1 is 0.938 bits per heavy atom. The van der Waals surface area contributed by atoms with Gasteiger partial charge in [-0.15, -0.1) is 22.2 Å². The van der Waals surface area contributed by atoms with E-state index in [1.54, 1.807) is 0 Å². The predicted molar refractivity (Wildman–Crippen MR) is 81.1 cm³/mol. The van der Waals surface area contributed by atoms with Crippen molar-refractivity contribution in [1.29, 1.82) is 0 Å². The summed E-state index contributed by atoms with van der Waals surface area (Å²) in [6.07, 6.45) is 1.04. The summed E-state index contributed by atoms with van der Waals surface area (Å²) < 4.78 is 0. The van der Waals surface area contributed by atoms with Gasteiger partial charge in [0, 0.05) is 0 Å². The van der Waals surface area contributed by atoms with Gasteiger partial charge in [0.15, 0.2) is 7.38 Å². The van der Waals surface area contributed by atoms with Crippen molar-refractivity contribution in [2.24, 2.45) is 0 Å². The van der Waals surface area contributed by atoms with E-state index in [9.17, 15) is 0 Å². The molecule has 0 bridgehead atoms. The largest absolute Gasteiger partial charge is 0.248 e. The van der Waals surface area contributed by atoms with Crippen LogP contribution in [0, 0.1) is 0 Å². The van der Waals surface area contributed by atoms with Gasteiger partial charge in [-0.1, -0.05) is 43.3 Å². The molecule has 16 heavy (non-hydrogen) atoms. The van der Waals surface area contributed by atoms with E-state index < -0.39 is 14.1 Å². The Kier molecular flexibility index (Phi) is 5.39. The minimum Gasteiger partial charge on any atom is -0.161 e. The molecule has 0 nitrogen and oxygen atoms in total. The summed E-state index contributed by atoms with van der Waals surface area (Å²) in [6, 6.07) is 12.3. The van der Waals surface area contributed by atoms with Gasteiger partial charge < -0.3 is 0 Å². The molecule has 1 unspecified atom stereocenters. The van der Waals surface area contributed by atoms with Gasteiger partial charge in [0.1, 0.15) is 0 Å². The van der Waals surface area contributed by atoms with Gasteiger partial charge in [0.25, 0.3) is 0 Å². The van der Waals surface area contributed by atoms with Crippen molar-refractivity contribution < 1.29 is 0 Å². The van der Waals surface area contributed by atoms with Crippen molar-refractivity contribution in [2.75, 3.05) is 0 Å². The molecule has 1 rings (SSSR count). The summed E-state index contributed by atoms with van der Waals surface area (Å²) in [5, 5.41) is 1.30. The molecule has 0 saturated heterocycles. The average molecular weight is 312 g/mol. The van der Waals surface area contributed by atoms with Gasteiger partial charge in [-0.2, -0.15) is 11.1 Å². The normalized spacial score (nSPS) is 15.8. The van der Waals surface area contributed by atoms with Crippen molar-refractivity contribution in [3.63, 3.8) is 0 Å². The maximum atomic E-state index is 6.66. The minimum atomic E-state index is -1.95. The van der Waals surface area contributed by atoms with E-state index in [1.807, 2.05) is 24.7 Å². The highest BCUT2D eigenvalue weighted by atomic mass is 35.7. The second kappa shape index (κ2) is 5.92. The third-order valence-electron chi connectivity index (χ3n) is 2.64. The van der Waals surface area contributed by atoms with Crippen LogP contribution in [0.4, 0.5) is 0 Å². The topological polar surface area (TPSA) is 0 Å². The monoisotopic (exact) mass is 310 g/mol. The number of hydrogen-bond donors (Lipinski definition) is 0. The van der Waals surface area contributed by atoms with Crippen LogP contribution in [0.1, 0.15) is 6.42 Å². The lowest BCUT2D eigenvalue weighted by Gasteiger charge is -2.20. The third-order valence-corrected chi connectivity index (χ3v) is 9.05. The van der Waals surface area contributed by atoms with Crippen LogP contribution in [0.15, 0.2) is 30.3 Å². The van der Waals surface area contributed by atoms with E-state index in [0.29, 0.717) is 0 Å². The molecule has 0 aromatic heterocycles. The summed E-state index contributed by atoms with van der Waals surface area (Å²) in [7, 11) is -1.80. The van der Waals surface area contributed by atoms with Crippen molar-refractivity contribution in [2.45, 2.75) is 31.6 Å². The van der Waals surface area contributed by atoms with E-state index in [4.69, 9.17) is 33.2 Å². The van der Waals surface area contributed by atoms with Crippen molar-refractivity contribution in [1.82, 2.24) is 0 Å². The molecule has 0 radical (unpaired) electrons. The molecule has 90 valence electrons. The number of benzene rings is 1. The standard InChI is InChI=1S/C11H17Cl3Si2/c1-15(12,9-6-10-16(2,13)14)11-7-4-3-5-8-11/h3-5,7-8H,6,9-10H2,1-2H3. The zero-order chi connectivity index (χ0) is 12.2. The van der Waals surface area contributed by atoms with E-state index in [-0.39, 0.29) is 0 Å². The van der Waals surface area contributed by atoms with E-state index in [1.165, 1.54) is 5.19 Å². The first kappa shape index (κ1) is 14.6. The summed E-state index contributed by atoms with van der Waals surface area (Å²) >= 11 is 18.8. The SMILES string of the molecule is C[Si](Cl)(Cl)CCC[Si](C)(Cl)c1ccccc1. The molecular weight excluding hydrogens is 295 g/mol. The Morgan fingerprint density at radius 2 is 1.50 bits per heavy atom. The zero-order valence-corrected chi connectivity index (χ0v) is 13.9. The molecule has 1 atom stereocenters.